The molecule has 2 amide bonds. The largest absolute Gasteiger partial charge is 0.484 e. The van der Waals surface area contributed by atoms with Crippen LogP contribution in [0.15, 0.2) is 24.3 Å². The van der Waals surface area contributed by atoms with Gasteiger partial charge in [0, 0.05) is 25.2 Å². The minimum Gasteiger partial charge on any atom is -0.484 e. The predicted octanol–water partition coefficient (Wildman–Crippen LogP) is 0.743. The topological polar surface area (TPSA) is 92.8 Å². The number of nitrogens with one attached hydrogen (secondary N) is 1. The Hall–Kier alpha value is -2.09. The van der Waals surface area contributed by atoms with Crippen LogP contribution in [0.3, 0.4) is 0 Å². The van der Waals surface area contributed by atoms with Crippen LogP contribution in [0, 0.1) is 5.92 Å². The number of hydrogen-bond donors (Lipinski definition) is 1. The molecule has 2 saturated heterocycles. The molecule has 1 N–H and O–H groups in total. The molecule has 0 unspecified atom stereocenters. The lowest BCUT2D eigenvalue weighted by atomic mass is 10.1. The maximum atomic E-state index is 11.8. The molecule has 1 aromatic carbocycles. The zero-order chi connectivity index (χ0) is 17.9. The molecular weight excluding hydrogens is 344 g/mol. The maximum Gasteiger partial charge on any atom is 0.257 e. The van der Waals surface area contributed by atoms with Crippen LogP contribution in [0.4, 0.5) is 5.69 Å². The van der Waals surface area contributed by atoms with Crippen molar-refractivity contribution < 1.29 is 22.7 Å². The number of anilines is 1. The summed E-state index contributed by atoms with van der Waals surface area (Å²) in [7, 11) is -2.92. The third-order valence-corrected chi connectivity index (χ3v) is 6.34. The lowest BCUT2D eigenvalue weighted by Crippen LogP contribution is -2.33. The molecule has 0 radical (unpaired) electrons. The number of carbonyl (C=O) groups excluding carboxylic acids is 2. The fraction of sp³-hybridized carbons (Fsp3) is 0.529. The highest BCUT2D eigenvalue weighted by atomic mass is 32.2. The predicted molar refractivity (Wildman–Crippen MR) is 93.3 cm³/mol. The molecule has 2 aliphatic heterocycles. The summed E-state index contributed by atoms with van der Waals surface area (Å²) >= 11 is 0. The van der Waals surface area contributed by atoms with Gasteiger partial charge in [-0.2, -0.15) is 0 Å². The second kappa shape index (κ2) is 7.43. The summed E-state index contributed by atoms with van der Waals surface area (Å²) in [4.78, 5) is 25.3. The fourth-order valence-corrected chi connectivity index (χ4v) is 5.00. The van der Waals surface area contributed by atoms with Gasteiger partial charge in [-0.15, -0.1) is 0 Å². The van der Waals surface area contributed by atoms with Crippen LogP contribution in [-0.2, 0) is 19.4 Å². The third kappa shape index (κ3) is 4.72. The molecule has 2 fully saturated rings. The van der Waals surface area contributed by atoms with Crippen molar-refractivity contribution in [2.24, 2.45) is 5.92 Å². The molecule has 0 bridgehead atoms. The van der Waals surface area contributed by atoms with Crippen LogP contribution in [0.5, 0.6) is 5.75 Å². The molecule has 1 atom stereocenters. The van der Waals surface area contributed by atoms with Gasteiger partial charge in [-0.25, -0.2) is 8.42 Å². The quantitative estimate of drug-likeness (QED) is 0.802. The Labute approximate surface area is 147 Å². The van der Waals surface area contributed by atoms with E-state index in [1.807, 2.05) is 0 Å². The molecule has 0 aliphatic carbocycles. The second-order valence-corrected chi connectivity index (χ2v) is 8.73. The number of ether oxygens (including phenoxy) is 1. The number of hydrogen-bond acceptors (Lipinski definition) is 5. The van der Waals surface area contributed by atoms with Gasteiger partial charge in [0.15, 0.2) is 16.4 Å². The number of sulfone groups is 1. The van der Waals surface area contributed by atoms with E-state index in [-0.39, 0.29) is 35.8 Å². The summed E-state index contributed by atoms with van der Waals surface area (Å²) in [6.07, 6.45) is 2.06. The van der Waals surface area contributed by atoms with Crippen molar-refractivity contribution in [2.75, 3.05) is 36.1 Å². The smallest absolute Gasteiger partial charge is 0.257 e. The van der Waals surface area contributed by atoms with Crippen LogP contribution in [0.2, 0.25) is 0 Å². The summed E-state index contributed by atoms with van der Waals surface area (Å²) < 4.78 is 28.2. The highest BCUT2D eigenvalue weighted by molar-refractivity contribution is 7.91. The highest BCUT2D eigenvalue weighted by Crippen LogP contribution is 2.23. The first-order valence-electron chi connectivity index (χ1n) is 8.43. The first-order valence-corrected chi connectivity index (χ1v) is 10.3. The molecule has 3 rings (SSSR count). The SMILES string of the molecule is O=C(COc1ccc(N2CCCC2=O)cc1)NC[C@H]1CCS(=O)(=O)C1. The number of carbonyl (C=O) groups is 2. The van der Waals surface area contributed by atoms with Crippen LogP contribution in [-0.4, -0.2) is 51.4 Å². The van der Waals surface area contributed by atoms with Gasteiger partial charge < -0.3 is 15.0 Å². The van der Waals surface area contributed by atoms with Gasteiger partial charge >= 0.3 is 0 Å². The lowest BCUT2D eigenvalue weighted by molar-refractivity contribution is -0.123. The van der Waals surface area contributed by atoms with Crippen molar-refractivity contribution >= 4 is 27.3 Å². The van der Waals surface area contributed by atoms with Crippen molar-refractivity contribution in [1.29, 1.82) is 0 Å². The first kappa shape index (κ1) is 17.7. The molecule has 0 aromatic heterocycles. The van der Waals surface area contributed by atoms with E-state index in [4.69, 9.17) is 4.74 Å². The van der Waals surface area contributed by atoms with Crippen molar-refractivity contribution in [3.63, 3.8) is 0 Å². The highest BCUT2D eigenvalue weighted by Gasteiger charge is 2.28. The van der Waals surface area contributed by atoms with Crippen molar-refractivity contribution in [3.05, 3.63) is 24.3 Å². The summed E-state index contributed by atoms with van der Waals surface area (Å²) in [5, 5.41) is 2.71. The Morgan fingerprint density at radius 1 is 1.28 bits per heavy atom. The summed E-state index contributed by atoms with van der Waals surface area (Å²) in [6.45, 7) is 0.969. The molecule has 0 spiro atoms. The molecule has 136 valence electrons. The van der Waals surface area contributed by atoms with E-state index in [1.54, 1.807) is 29.2 Å². The Bertz CT molecular complexity index is 745. The van der Waals surface area contributed by atoms with Gasteiger partial charge in [0.05, 0.1) is 11.5 Å². The summed E-state index contributed by atoms with van der Waals surface area (Å²) in [6, 6.07) is 7.08. The Kier molecular flexibility index (Phi) is 5.27. The van der Waals surface area contributed by atoms with Gasteiger partial charge in [0.2, 0.25) is 5.91 Å². The molecule has 1 aromatic rings. The van der Waals surface area contributed by atoms with E-state index < -0.39 is 9.84 Å². The van der Waals surface area contributed by atoms with Crippen molar-refractivity contribution in [2.45, 2.75) is 19.3 Å². The molecule has 2 aliphatic rings. The Morgan fingerprint density at radius 3 is 2.64 bits per heavy atom. The number of benzene rings is 1. The van der Waals surface area contributed by atoms with Gasteiger partial charge in [-0.1, -0.05) is 0 Å². The monoisotopic (exact) mass is 366 g/mol. The van der Waals surface area contributed by atoms with Crippen LogP contribution in [0.25, 0.3) is 0 Å². The van der Waals surface area contributed by atoms with E-state index >= 15 is 0 Å². The number of amides is 2. The van der Waals surface area contributed by atoms with Gasteiger partial charge in [-0.05, 0) is 43.0 Å². The zero-order valence-electron chi connectivity index (χ0n) is 13.9. The van der Waals surface area contributed by atoms with Gasteiger partial charge in [-0.3, -0.25) is 9.59 Å². The van der Waals surface area contributed by atoms with Crippen LogP contribution in [0.1, 0.15) is 19.3 Å². The average Bonchev–Trinajstić information content (AvgIpc) is 3.16. The number of rotatable bonds is 6. The molecule has 7 nitrogen and oxygen atoms in total. The Morgan fingerprint density at radius 2 is 2.04 bits per heavy atom. The maximum absolute atomic E-state index is 11.8. The molecule has 8 heteroatoms. The first-order chi connectivity index (χ1) is 11.9. The van der Waals surface area contributed by atoms with Crippen LogP contribution >= 0.6 is 0 Å². The molecule has 0 saturated carbocycles. The minimum atomic E-state index is -2.92. The van der Waals surface area contributed by atoms with E-state index in [0.29, 0.717) is 25.1 Å². The van der Waals surface area contributed by atoms with E-state index in [1.165, 1.54) is 0 Å². The number of nitrogens with zero attached hydrogens (tertiary/aromatic N) is 1. The molecule has 25 heavy (non-hydrogen) atoms. The normalized spacial score (nSPS) is 22.2. The van der Waals surface area contributed by atoms with E-state index in [0.717, 1.165) is 18.7 Å². The fourth-order valence-electron chi connectivity index (χ4n) is 3.13. The van der Waals surface area contributed by atoms with E-state index in [9.17, 15) is 18.0 Å². The average molecular weight is 366 g/mol. The van der Waals surface area contributed by atoms with Crippen molar-refractivity contribution in [3.8, 4) is 5.75 Å². The molecule has 2 heterocycles. The minimum absolute atomic E-state index is 0.00812. The van der Waals surface area contributed by atoms with E-state index in [2.05, 4.69) is 5.32 Å². The van der Waals surface area contributed by atoms with Crippen molar-refractivity contribution in [1.82, 2.24) is 5.32 Å². The third-order valence-electron chi connectivity index (χ3n) is 4.51. The van der Waals surface area contributed by atoms with Gasteiger partial charge in [0.25, 0.3) is 5.91 Å². The standard InChI is InChI=1S/C17H22N2O5S/c20-16(18-10-13-7-9-25(22,23)12-13)11-24-15-5-3-14(4-6-15)19-8-1-2-17(19)21/h3-6,13H,1-2,7-12H2,(H,18,20)/t13-/m1/s1. The second-order valence-electron chi connectivity index (χ2n) is 6.50. The summed E-state index contributed by atoms with van der Waals surface area (Å²) in [5.41, 5.74) is 0.835. The zero-order valence-corrected chi connectivity index (χ0v) is 14.8. The Balaban J connectivity index is 1.42. The lowest BCUT2D eigenvalue weighted by Gasteiger charge is -2.16. The summed E-state index contributed by atoms with van der Waals surface area (Å²) in [5.74, 6) is 0.742. The molecular formula is C17H22N2O5S. The van der Waals surface area contributed by atoms with Gasteiger partial charge in [0.1, 0.15) is 5.75 Å². The van der Waals surface area contributed by atoms with Crippen LogP contribution < -0.4 is 15.0 Å².